The number of H-pyrrole nitrogens is 1. The zero-order chi connectivity index (χ0) is 13.1. The molecule has 17 heavy (non-hydrogen) atoms. The zero-order valence-electron chi connectivity index (χ0n) is 8.57. The maximum atomic E-state index is 12.7. The minimum Gasteiger partial charge on any atom is -0.351 e. The van der Waals surface area contributed by atoms with Crippen LogP contribution in [-0.4, -0.2) is 34.8 Å². The van der Waals surface area contributed by atoms with Crippen LogP contribution in [0.1, 0.15) is 10.5 Å². The van der Waals surface area contributed by atoms with Crippen LogP contribution in [0.4, 0.5) is 14.5 Å². The van der Waals surface area contributed by atoms with Gasteiger partial charge in [-0.1, -0.05) is 0 Å². The van der Waals surface area contributed by atoms with Gasteiger partial charge in [-0.2, -0.15) is 0 Å². The van der Waals surface area contributed by atoms with E-state index in [-0.39, 0.29) is 11.4 Å². The summed E-state index contributed by atoms with van der Waals surface area (Å²) in [7, 11) is 0. The Bertz CT molecular complexity index is 432. The highest BCUT2D eigenvalue weighted by molar-refractivity contribution is 5.93. The number of nitrogens with two attached hydrogens (primary N) is 1. The van der Waals surface area contributed by atoms with Crippen molar-refractivity contribution in [1.29, 1.82) is 0 Å². The number of nitrogens with zero attached hydrogens (tertiary/aromatic N) is 1. The fourth-order valence-corrected chi connectivity index (χ4v) is 0.996. The molecule has 1 aromatic rings. The van der Waals surface area contributed by atoms with Gasteiger partial charge in [-0.05, 0) is 0 Å². The smallest absolute Gasteiger partial charge is 0.287 e. The van der Waals surface area contributed by atoms with Gasteiger partial charge >= 0.3 is 0 Å². The van der Waals surface area contributed by atoms with E-state index >= 15 is 0 Å². The molecule has 1 aromatic heterocycles. The second kappa shape index (κ2) is 4.87. The summed E-state index contributed by atoms with van der Waals surface area (Å²) in [6, 6.07) is 0.954. The molecular formula is C8H10F2N4O3. The fraction of sp³-hybridized carbons (Fsp3) is 0.375. The molecule has 1 rings (SSSR count). The Morgan fingerprint density at radius 3 is 2.76 bits per heavy atom. The minimum atomic E-state index is -3.20. The van der Waals surface area contributed by atoms with Gasteiger partial charge < -0.3 is 16.0 Å². The molecule has 0 atom stereocenters. The number of hydrogen-bond acceptors (Lipinski definition) is 4. The van der Waals surface area contributed by atoms with Crippen molar-refractivity contribution < 1.29 is 18.5 Å². The Hall–Kier alpha value is -2.03. The molecule has 0 aliphatic carbocycles. The highest BCUT2D eigenvalue weighted by atomic mass is 19.3. The molecule has 0 aliphatic heterocycles. The molecule has 0 spiro atoms. The first kappa shape index (κ1) is 13.0. The summed E-state index contributed by atoms with van der Waals surface area (Å²) in [6.45, 7) is -1.81. The van der Waals surface area contributed by atoms with Crippen molar-refractivity contribution in [3.8, 4) is 0 Å². The van der Waals surface area contributed by atoms with Crippen molar-refractivity contribution in [1.82, 2.24) is 10.3 Å². The number of carbonyl (C=O) groups is 1. The SMILES string of the molecule is NCC(F)(F)CNC(=O)c1cc([N+](=O)[O-])c[nH]1. The number of rotatable bonds is 5. The molecule has 0 unspecified atom stereocenters. The van der Waals surface area contributed by atoms with Crippen molar-refractivity contribution in [2.45, 2.75) is 5.92 Å². The van der Waals surface area contributed by atoms with E-state index in [0.717, 1.165) is 12.3 Å². The number of nitrogens with one attached hydrogen (secondary N) is 2. The Labute approximate surface area is 94.1 Å². The highest BCUT2D eigenvalue weighted by Gasteiger charge is 2.27. The quantitative estimate of drug-likeness (QED) is 0.511. The predicted molar refractivity (Wildman–Crippen MR) is 53.8 cm³/mol. The van der Waals surface area contributed by atoms with Crippen LogP contribution in [0, 0.1) is 10.1 Å². The van der Waals surface area contributed by atoms with Crippen LogP contribution in [0.15, 0.2) is 12.3 Å². The van der Waals surface area contributed by atoms with Gasteiger partial charge in [0.05, 0.1) is 24.2 Å². The van der Waals surface area contributed by atoms with E-state index in [1.165, 1.54) is 0 Å². The molecule has 7 nitrogen and oxygen atoms in total. The fourth-order valence-electron chi connectivity index (χ4n) is 0.996. The zero-order valence-corrected chi connectivity index (χ0v) is 8.57. The topological polar surface area (TPSA) is 114 Å². The first-order valence-electron chi connectivity index (χ1n) is 4.54. The van der Waals surface area contributed by atoms with Crippen LogP contribution < -0.4 is 11.1 Å². The molecule has 0 saturated heterocycles. The van der Waals surface area contributed by atoms with E-state index in [2.05, 4.69) is 4.98 Å². The lowest BCUT2D eigenvalue weighted by Crippen LogP contribution is -2.41. The summed E-state index contributed by atoms with van der Waals surface area (Å²) < 4.78 is 25.4. The van der Waals surface area contributed by atoms with E-state index in [1.807, 2.05) is 5.32 Å². The van der Waals surface area contributed by atoms with Gasteiger partial charge in [-0.25, -0.2) is 8.78 Å². The van der Waals surface area contributed by atoms with Gasteiger partial charge in [0.1, 0.15) is 5.69 Å². The average molecular weight is 248 g/mol. The van der Waals surface area contributed by atoms with E-state index in [1.54, 1.807) is 0 Å². The lowest BCUT2D eigenvalue weighted by Gasteiger charge is -2.13. The van der Waals surface area contributed by atoms with Crippen LogP contribution in [0.3, 0.4) is 0 Å². The molecule has 1 heterocycles. The van der Waals surface area contributed by atoms with Gasteiger partial charge in [0.2, 0.25) is 0 Å². The summed E-state index contributed by atoms with van der Waals surface area (Å²) in [4.78, 5) is 23.2. The van der Waals surface area contributed by atoms with Gasteiger partial charge in [0, 0.05) is 6.07 Å². The summed E-state index contributed by atoms with van der Waals surface area (Å²) in [5, 5.41) is 12.2. The summed E-state index contributed by atoms with van der Waals surface area (Å²) in [5.74, 6) is -4.06. The molecule has 4 N–H and O–H groups in total. The molecule has 1 amide bonds. The van der Waals surface area contributed by atoms with E-state index in [0.29, 0.717) is 0 Å². The summed E-state index contributed by atoms with van der Waals surface area (Å²) in [6.07, 6.45) is 0.996. The van der Waals surface area contributed by atoms with Crippen molar-refractivity contribution in [2.75, 3.05) is 13.1 Å². The Morgan fingerprint density at radius 2 is 2.29 bits per heavy atom. The number of carbonyl (C=O) groups excluding carboxylic acids is 1. The molecular weight excluding hydrogens is 238 g/mol. The number of hydrogen-bond donors (Lipinski definition) is 3. The normalized spacial score (nSPS) is 11.2. The lowest BCUT2D eigenvalue weighted by atomic mass is 10.3. The van der Waals surface area contributed by atoms with Crippen molar-refractivity contribution in [3.63, 3.8) is 0 Å². The predicted octanol–water partition coefficient (Wildman–Crippen LogP) is 0.247. The van der Waals surface area contributed by atoms with E-state index in [4.69, 9.17) is 5.73 Å². The molecule has 9 heteroatoms. The summed E-state index contributed by atoms with van der Waals surface area (Å²) in [5.41, 5.74) is 4.30. The first-order valence-corrected chi connectivity index (χ1v) is 4.54. The van der Waals surface area contributed by atoms with E-state index < -0.39 is 29.8 Å². The number of aromatic nitrogens is 1. The van der Waals surface area contributed by atoms with Crippen LogP contribution in [0.5, 0.6) is 0 Å². The third-order valence-electron chi connectivity index (χ3n) is 1.93. The van der Waals surface area contributed by atoms with Crippen LogP contribution in [-0.2, 0) is 0 Å². The third-order valence-corrected chi connectivity index (χ3v) is 1.93. The van der Waals surface area contributed by atoms with Crippen molar-refractivity contribution in [2.24, 2.45) is 5.73 Å². The maximum Gasteiger partial charge on any atom is 0.287 e. The molecule has 0 radical (unpaired) electrons. The second-order valence-electron chi connectivity index (χ2n) is 3.27. The van der Waals surface area contributed by atoms with Gasteiger partial charge in [-0.3, -0.25) is 14.9 Å². The second-order valence-corrected chi connectivity index (χ2v) is 3.27. The minimum absolute atomic E-state index is 0.162. The molecule has 0 fully saturated rings. The number of amides is 1. The summed E-state index contributed by atoms with van der Waals surface area (Å²) >= 11 is 0. The molecule has 0 saturated carbocycles. The average Bonchev–Trinajstić information content (AvgIpc) is 2.75. The third kappa shape index (κ3) is 3.48. The van der Waals surface area contributed by atoms with Crippen LogP contribution >= 0.6 is 0 Å². The van der Waals surface area contributed by atoms with Crippen molar-refractivity contribution in [3.05, 3.63) is 28.1 Å². The van der Waals surface area contributed by atoms with Gasteiger partial charge in [0.25, 0.3) is 17.5 Å². The van der Waals surface area contributed by atoms with Gasteiger partial charge in [-0.15, -0.1) is 0 Å². The van der Waals surface area contributed by atoms with Crippen LogP contribution in [0.2, 0.25) is 0 Å². The van der Waals surface area contributed by atoms with Crippen LogP contribution in [0.25, 0.3) is 0 Å². The Balaban J connectivity index is 2.61. The van der Waals surface area contributed by atoms with E-state index in [9.17, 15) is 23.7 Å². The number of aromatic amines is 1. The number of halogens is 2. The monoisotopic (exact) mass is 248 g/mol. The largest absolute Gasteiger partial charge is 0.351 e. The number of nitro groups is 1. The molecule has 0 aromatic carbocycles. The van der Waals surface area contributed by atoms with Crippen molar-refractivity contribution >= 4 is 11.6 Å². The lowest BCUT2D eigenvalue weighted by molar-refractivity contribution is -0.384. The molecule has 0 aliphatic rings. The first-order chi connectivity index (χ1) is 7.85. The Kier molecular flexibility index (Phi) is 3.73. The molecule has 94 valence electrons. The number of alkyl halides is 2. The highest BCUT2D eigenvalue weighted by Crippen LogP contribution is 2.13. The van der Waals surface area contributed by atoms with Gasteiger partial charge in [0.15, 0.2) is 0 Å². The standard InChI is InChI=1S/C8H10F2N4O3/c9-8(10,3-11)4-13-7(15)6-1-5(2-12-6)14(16)17/h1-2,12H,3-4,11H2,(H,13,15). The molecule has 0 bridgehead atoms. The maximum absolute atomic E-state index is 12.7. The Morgan fingerprint density at radius 1 is 1.65 bits per heavy atom.